The summed E-state index contributed by atoms with van der Waals surface area (Å²) in [5.74, 6) is 0. The molecule has 2 N–H and O–H groups in total. The standard InChI is InChI=1S/C9H10BrF3N2/c1-8(2,9(11,12)13)7-3-5(10)6(14)4-15-7/h3-4H,14H2,1-2H3. The van der Waals surface area contributed by atoms with Gasteiger partial charge in [0.1, 0.15) is 5.41 Å². The fourth-order valence-electron chi connectivity index (χ4n) is 0.928. The highest BCUT2D eigenvalue weighted by Gasteiger charge is 2.49. The van der Waals surface area contributed by atoms with E-state index in [4.69, 9.17) is 5.73 Å². The minimum absolute atomic E-state index is 0.0592. The minimum Gasteiger partial charge on any atom is -0.397 e. The Morgan fingerprint density at radius 2 is 1.87 bits per heavy atom. The van der Waals surface area contributed by atoms with E-state index in [1.165, 1.54) is 12.3 Å². The Hall–Kier alpha value is -0.780. The van der Waals surface area contributed by atoms with Crippen molar-refractivity contribution in [3.8, 4) is 0 Å². The van der Waals surface area contributed by atoms with Crippen molar-refractivity contribution in [1.82, 2.24) is 4.98 Å². The average molecular weight is 283 g/mol. The number of rotatable bonds is 1. The van der Waals surface area contributed by atoms with E-state index >= 15 is 0 Å². The van der Waals surface area contributed by atoms with E-state index in [2.05, 4.69) is 20.9 Å². The van der Waals surface area contributed by atoms with Gasteiger partial charge in [0, 0.05) is 4.47 Å². The van der Waals surface area contributed by atoms with Crippen LogP contribution >= 0.6 is 15.9 Å². The lowest BCUT2D eigenvalue weighted by molar-refractivity contribution is -0.181. The maximum Gasteiger partial charge on any atom is 0.399 e. The molecule has 1 aromatic rings. The van der Waals surface area contributed by atoms with E-state index in [0.29, 0.717) is 10.2 Å². The summed E-state index contributed by atoms with van der Waals surface area (Å²) in [7, 11) is 0. The third-order valence-corrected chi connectivity index (χ3v) is 2.92. The second kappa shape index (κ2) is 3.66. The van der Waals surface area contributed by atoms with Gasteiger partial charge in [-0.1, -0.05) is 0 Å². The molecule has 84 valence electrons. The molecule has 1 aromatic heterocycles. The number of nitrogen functional groups attached to an aromatic ring is 1. The highest BCUT2D eigenvalue weighted by atomic mass is 79.9. The molecule has 0 aliphatic rings. The van der Waals surface area contributed by atoms with E-state index < -0.39 is 11.6 Å². The SMILES string of the molecule is CC(C)(c1cc(Br)c(N)cn1)C(F)(F)F. The van der Waals surface area contributed by atoms with Crippen molar-refractivity contribution in [2.45, 2.75) is 25.4 Å². The second-order valence-electron chi connectivity index (χ2n) is 3.71. The molecule has 0 aliphatic heterocycles. The zero-order chi connectivity index (χ0) is 11.9. The number of hydrogen-bond acceptors (Lipinski definition) is 2. The second-order valence-corrected chi connectivity index (χ2v) is 4.57. The van der Waals surface area contributed by atoms with Crippen molar-refractivity contribution < 1.29 is 13.2 Å². The fraction of sp³-hybridized carbons (Fsp3) is 0.444. The zero-order valence-corrected chi connectivity index (χ0v) is 9.78. The van der Waals surface area contributed by atoms with E-state index in [-0.39, 0.29) is 5.69 Å². The van der Waals surface area contributed by atoms with Gasteiger partial charge >= 0.3 is 6.18 Å². The molecular weight excluding hydrogens is 273 g/mol. The fourth-order valence-corrected chi connectivity index (χ4v) is 1.25. The third-order valence-electron chi connectivity index (χ3n) is 2.23. The summed E-state index contributed by atoms with van der Waals surface area (Å²) in [6, 6.07) is 1.29. The van der Waals surface area contributed by atoms with Gasteiger partial charge < -0.3 is 5.73 Å². The Bertz CT molecular complexity index is 374. The number of pyridine rings is 1. The van der Waals surface area contributed by atoms with Gasteiger partial charge in [-0.15, -0.1) is 0 Å². The molecule has 0 fully saturated rings. The van der Waals surface area contributed by atoms with Crippen molar-refractivity contribution in [3.05, 3.63) is 22.4 Å². The van der Waals surface area contributed by atoms with E-state index in [0.717, 1.165) is 13.8 Å². The molecule has 0 saturated carbocycles. The Kier molecular flexibility index (Phi) is 3.00. The molecule has 6 heteroatoms. The minimum atomic E-state index is -4.34. The van der Waals surface area contributed by atoms with Crippen LogP contribution in [0.4, 0.5) is 18.9 Å². The quantitative estimate of drug-likeness (QED) is 0.859. The summed E-state index contributed by atoms with van der Waals surface area (Å²) in [5, 5.41) is 0. The molecule has 1 rings (SSSR count). The number of aromatic nitrogens is 1. The van der Waals surface area contributed by atoms with Gasteiger partial charge in [-0.3, -0.25) is 4.98 Å². The van der Waals surface area contributed by atoms with Crippen LogP contribution < -0.4 is 5.73 Å². The lowest BCUT2D eigenvalue weighted by atomic mass is 9.88. The summed E-state index contributed by atoms with van der Waals surface area (Å²) < 4.78 is 38.4. The highest BCUT2D eigenvalue weighted by molar-refractivity contribution is 9.10. The predicted molar refractivity (Wildman–Crippen MR) is 55.4 cm³/mol. The number of alkyl halides is 3. The Morgan fingerprint density at radius 1 is 1.33 bits per heavy atom. The summed E-state index contributed by atoms with van der Waals surface area (Å²) >= 11 is 3.07. The largest absolute Gasteiger partial charge is 0.399 e. The molecule has 0 aromatic carbocycles. The van der Waals surface area contributed by atoms with Gasteiger partial charge in [-0.2, -0.15) is 13.2 Å². The number of hydrogen-bond donors (Lipinski definition) is 1. The molecule has 0 atom stereocenters. The van der Waals surface area contributed by atoms with Gasteiger partial charge in [0.2, 0.25) is 0 Å². The monoisotopic (exact) mass is 282 g/mol. The van der Waals surface area contributed by atoms with Crippen LogP contribution in [0, 0.1) is 0 Å². The van der Waals surface area contributed by atoms with Crippen LogP contribution in [0.25, 0.3) is 0 Å². The Balaban J connectivity index is 3.22. The third kappa shape index (κ3) is 2.25. The first-order chi connectivity index (χ1) is 6.66. The number of halogens is 4. The highest BCUT2D eigenvalue weighted by Crippen LogP contribution is 2.40. The van der Waals surface area contributed by atoms with Crippen molar-refractivity contribution in [2.75, 3.05) is 5.73 Å². The van der Waals surface area contributed by atoms with Crippen molar-refractivity contribution in [3.63, 3.8) is 0 Å². The molecular formula is C9H10BrF3N2. The van der Waals surface area contributed by atoms with Crippen molar-refractivity contribution >= 4 is 21.6 Å². The van der Waals surface area contributed by atoms with Crippen LogP contribution in [0.5, 0.6) is 0 Å². The van der Waals surface area contributed by atoms with Crippen LogP contribution in [0.1, 0.15) is 19.5 Å². The molecule has 2 nitrogen and oxygen atoms in total. The molecule has 0 spiro atoms. The zero-order valence-electron chi connectivity index (χ0n) is 8.19. The predicted octanol–water partition coefficient (Wildman–Crippen LogP) is 3.27. The lowest BCUT2D eigenvalue weighted by Gasteiger charge is -2.27. The Labute approximate surface area is 93.8 Å². The van der Waals surface area contributed by atoms with Crippen LogP contribution in [0.15, 0.2) is 16.7 Å². The average Bonchev–Trinajstić information content (AvgIpc) is 2.07. The first-order valence-corrected chi connectivity index (χ1v) is 4.94. The molecule has 1 heterocycles. The lowest BCUT2D eigenvalue weighted by Crippen LogP contribution is -2.37. The van der Waals surface area contributed by atoms with Crippen LogP contribution in [-0.4, -0.2) is 11.2 Å². The molecule has 0 bridgehead atoms. The van der Waals surface area contributed by atoms with Crippen LogP contribution in [-0.2, 0) is 5.41 Å². The van der Waals surface area contributed by atoms with Gasteiger partial charge in [0.25, 0.3) is 0 Å². The summed E-state index contributed by atoms with van der Waals surface area (Å²) in [5.41, 5.74) is 3.72. The summed E-state index contributed by atoms with van der Waals surface area (Å²) in [6.45, 7) is 2.16. The van der Waals surface area contributed by atoms with Gasteiger partial charge in [0.15, 0.2) is 0 Å². The molecule has 0 aliphatic carbocycles. The topological polar surface area (TPSA) is 38.9 Å². The van der Waals surface area contributed by atoms with Crippen molar-refractivity contribution in [1.29, 1.82) is 0 Å². The molecule has 0 saturated heterocycles. The number of anilines is 1. The maximum atomic E-state index is 12.7. The Morgan fingerprint density at radius 3 is 2.27 bits per heavy atom. The van der Waals surface area contributed by atoms with Crippen LogP contribution in [0.3, 0.4) is 0 Å². The molecule has 0 radical (unpaired) electrons. The first-order valence-electron chi connectivity index (χ1n) is 4.14. The normalized spacial score (nSPS) is 12.9. The van der Waals surface area contributed by atoms with Gasteiger partial charge in [0.05, 0.1) is 17.6 Å². The van der Waals surface area contributed by atoms with E-state index in [9.17, 15) is 13.2 Å². The smallest absolute Gasteiger partial charge is 0.397 e. The molecule has 15 heavy (non-hydrogen) atoms. The number of nitrogens with two attached hydrogens (primary N) is 1. The molecule has 0 amide bonds. The van der Waals surface area contributed by atoms with Gasteiger partial charge in [-0.05, 0) is 35.8 Å². The number of nitrogens with zero attached hydrogens (tertiary/aromatic N) is 1. The van der Waals surface area contributed by atoms with E-state index in [1.807, 2.05) is 0 Å². The van der Waals surface area contributed by atoms with Gasteiger partial charge in [-0.25, -0.2) is 0 Å². The summed E-state index contributed by atoms with van der Waals surface area (Å²) in [6.07, 6.45) is -3.12. The molecule has 0 unspecified atom stereocenters. The summed E-state index contributed by atoms with van der Waals surface area (Å²) in [4.78, 5) is 3.70. The first kappa shape index (κ1) is 12.3. The van der Waals surface area contributed by atoms with Crippen LogP contribution in [0.2, 0.25) is 0 Å². The van der Waals surface area contributed by atoms with E-state index in [1.54, 1.807) is 0 Å². The van der Waals surface area contributed by atoms with Crippen molar-refractivity contribution in [2.24, 2.45) is 0 Å². The maximum absolute atomic E-state index is 12.7.